The minimum Gasteiger partial charge on any atom is -0.493 e. The first kappa shape index (κ1) is 22.2. The highest BCUT2D eigenvalue weighted by atomic mass is 32.1. The first-order valence-corrected chi connectivity index (χ1v) is 11.3. The Morgan fingerprint density at radius 1 is 1.25 bits per heavy atom. The number of aromatic nitrogens is 1. The van der Waals surface area contributed by atoms with E-state index in [4.69, 9.17) is 14.2 Å². The van der Waals surface area contributed by atoms with Gasteiger partial charge in [-0.2, -0.15) is 0 Å². The molecule has 0 N–H and O–H groups in total. The number of aryl methyl sites for hydroxylation is 1. The summed E-state index contributed by atoms with van der Waals surface area (Å²) < 4.78 is 29.9. The molecule has 6 nitrogen and oxygen atoms in total. The SMILES string of the molecule is COc1cc(C(=O)N(CC2CCCO2)c2nc(-c3ccc(F)cc3)cs2)cc(C)c1OC. The average molecular weight is 457 g/mol. The van der Waals surface area contributed by atoms with Crippen molar-refractivity contribution in [1.82, 2.24) is 4.98 Å². The van der Waals surface area contributed by atoms with Crippen molar-refractivity contribution in [1.29, 1.82) is 0 Å². The Morgan fingerprint density at radius 3 is 2.69 bits per heavy atom. The number of nitrogens with zero attached hydrogens (tertiary/aromatic N) is 2. The van der Waals surface area contributed by atoms with Crippen LogP contribution in [-0.2, 0) is 4.74 Å². The molecule has 168 valence electrons. The molecular weight excluding hydrogens is 431 g/mol. The molecule has 32 heavy (non-hydrogen) atoms. The zero-order valence-corrected chi connectivity index (χ0v) is 19.1. The number of halogens is 1. The van der Waals surface area contributed by atoms with Crippen molar-refractivity contribution in [3.05, 3.63) is 58.7 Å². The van der Waals surface area contributed by atoms with Crippen LogP contribution in [0.25, 0.3) is 11.3 Å². The summed E-state index contributed by atoms with van der Waals surface area (Å²) in [4.78, 5) is 20.0. The second-order valence-corrected chi connectivity index (χ2v) is 8.44. The Kier molecular flexibility index (Phi) is 6.72. The average Bonchev–Trinajstić information content (AvgIpc) is 3.49. The van der Waals surface area contributed by atoms with E-state index in [-0.39, 0.29) is 17.8 Å². The van der Waals surface area contributed by atoms with E-state index >= 15 is 0 Å². The number of thiazole rings is 1. The van der Waals surface area contributed by atoms with Crippen LogP contribution < -0.4 is 14.4 Å². The number of anilines is 1. The second kappa shape index (κ2) is 9.67. The molecule has 0 aliphatic carbocycles. The number of methoxy groups -OCH3 is 2. The lowest BCUT2D eigenvalue weighted by molar-refractivity contribution is 0.0917. The van der Waals surface area contributed by atoms with Gasteiger partial charge in [0.15, 0.2) is 16.6 Å². The molecule has 0 radical (unpaired) electrons. The molecule has 3 aromatic rings. The second-order valence-electron chi connectivity index (χ2n) is 7.60. The summed E-state index contributed by atoms with van der Waals surface area (Å²) in [5.74, 6) is 0.606. The third-order valence-corrected chi connectivity index (χ3v) is 6.29. The van der Waals surface area contributed by atoms with Crippen LogP contribution >= 0.6 is 11.3 Å². The van der Waals surface area contributed by atoms with E-state index in [1.165, 1.54) is 23.5 Å². The number of carbonyl (C=O) groups is 1. The Labute approximate surface area is 190 Å². The summed E-state index contributed by atoms with van der Waals surface area (Å²) >= 11 is 1.37. The van der Waals surface area contributed by atoms with E-state index in [1.807, 2.05) is 12.3 Å². The fourth-order valence-electron chi connectivity index (χ4n) is 3.82. The van der Waals surface area contributed by atoms with E-state index < -0.39 is 0 Å². The molecule has 4 rings (SSSR count). The fourth-order valence-corrected chi connectivity index (χ4v) is 4.66. The number of rotatable bonds is 7. The van der Waals surface area contributed by atoms with E-state index in [2.05, 4.69) is 4.98 Å². The number of ether oxygens (including phenoxy) is 3. The van der Waals surface area contributed by atoms with Gasteiger partial charge in [-0.25, -0.2) is 9.37 Å². The molecule has 1 atom stereocenters. The van der Waals surface area contributed by atoms with Gasteiger partial charge in [0.25, 0.3) is 5.91 Å². The molecule has 1 saturated heterocycles. The number of benzene rings is 2. The molecule has 0 saturated carbocycles. The topological polar surface area (TPSA) is 60.9 Å². The smallest absolute Gasteiger partial charge is 0.260 e. The van der Waals surface area contributed by atoms with Crippen molar-refractivity contribution in [2.45, 2.75) is 25.9 Å². The molecular formula is C24H25FN2O4S. The van der Waals surface area contributed by atoms with Crippen LogP contribution in [0.1, 0.15) is 28.8 Å². The number of amides is 1. The number of hydrogen-bond donors (Lipinski definition) is 0. The molecule has 2 aromatic carbocycles. The molecule has 1 amide bonds. The Hall–Kier alpha value is -2.97. The minimum atomic E-state index is -0.303. The molecule has 1 aliphatic rings. The van der Waals surface area contributed by atoms with Gasteiger partial charge in [-0.15, -0.1) is 11.3 Å². The molecule has 0 bridgehead atoms. The highest BCUT2D eigenvalue weighted by molar-refractivity contribution is 7.14. The first-order chi connectivity index (χ1) is 15.5. The monoisotopic (exact) mass is 456 g/mol. The van der Waals surface area contributed by atoms with Crippen molar-refractivity contribution < 1.29 is 23.4 Å². The van der Waals surface area contributed by atoms with Gasteiger partial charge in [0.1, 0.15) is 5.82 Å². The lowest BCUT2D eigenvalue weighted by atomic mass is 10.1. The van der Waals surface area contributed by atoms with Crippen LogP contribution in [0, 0.1) is 12.7 Å². The maximum absolute atomic E-state index is 13.6. The van der Waals surface area contributed by atoms with Gasteiger partial charge in [-0.3, -0.25) is 9.69 Å². The summed E-state index contributed by atoms with van der Waals surface area (Å²) in [7, 11) is 3.12. The normalized spacial score (nSPS) is 15.6. The highest BCUT2D eigenvalue weighted by Gasteiger charge is 2.28. The van der Waals surface area contributed by atoms with Gasteiger partial charge in [0.05, 0.1) is 32.6 Å². The molecule has 1 aliphatic heterocycles. The van der Waals surface area contributed by atoms with Crippen LogP contribution in [0.5, 0.6) is 11.5 Å². The zero-order valence-electron chi connectivity index (χ0n) is 18.3. The van der Waals surface area contributed by atoms with Crippen LogP contribution in [0.4, 0.5) is 9.52 Å². The lowest BCUT2D eigenvalue weighted by Gasteiger charge is -2.24. The Morgan fingerprint density at radius 2 is 2.03 bits per heavy atom. The molecule has 1 fully saturated rings. The zero-order chi connectivity index (χ0) is 22.7. The molecule has 1 aromatic heterocycles. The molecule has 2 heterocycles. The Bertz CT molecular complexity index is 1090. The largest absolute Gasteiger partial charge is 0.493 e. The van der Waals surface area contributed by atoms with E-state index in [0.717, 1.165) is 24.0 Å². The lowest BCUT2D eigenvalue weighted by Crippen LogP contribution is -2.37. The first-order valence-electron chi connectivity index (χ1n) is 10.4. The maximum Gasteiger partial charge on any atom is 0.260 e. The number of carbonyl (C=O) groups excluding carboxylic acids is 1. The summed E-state index contributed by atoms with van der Waals surface area (Å²) in [6.45, 7) is 2.97. The maximum atomic E-state index is 13.6. The summed E-state index contributed by atoms with van der Waals surface area (Å²) in [6, 6.07) is 9.63. The minimum absolute atomic E-state index is 0.0432. The van der Waals surface area contributed by atoms with E-state index in [9.17, 15) is 9.18 Å². The van der Waals surface area contributed by atoms with Gasteiger partial charge in [-0.1, -0.05) is 0 Å². The third kappa shape index (κ3) is 4.61. The highest BCUT2D eigenvalue weighted by Crippen LogP contribution is 2.34. The Balaban J connectivity index is 1.69. The quantitative estimate of drug-likeness (QED) is 0.495. The summed E-state index contributed by atoms with van der Waals surface area (Å²) in [6.07, 6.45) is 1.82. The predicted molar refractivity (Wildman–Crippen MR) is 122 cm³/mol. The fraction of sp³-hybridized carbons (Fsp3) is 0.333. The van der Waals surface area contributed by atoms with Crippen molar-refractivity contribution in [2.75, 3.05) is 32.3 Å². The van der Waals surface area contributed by atoms with Crippen molar-refractivity contribution in [3.8, 4) is 22.8 Å². The van der Waals surface area contributed by atoms with Gasteiger partial charge in [0.2, 0.25) is 0 Å². The van der Waals surface area contributed by atoms with Gasteiger partial charge in [-0.05, 0) is 61.7 Å². The van der Waals surface area contributed by atoms with Gasteiger partial charge >= 0.3 is 0 Å². The molecule has 8 heteroatoms. The summed E-state index contributed by atoms with van der Waals surface area (Å²) in [5.41, 5.74) is 2.77. The van der Waals surface area contributed by atoms with Crippen LogP contribution in [-0.4, -0.2) is 44.4 Å². The van der Waals surface area contributed by atoms with Gasteiger partial charge < -0.3 is 14.2 Å². The third-order valence-electron chi connectivity index (χ3n) is 5.43. The van der Waals surface area contributed by atoms with Crippen molar-refractivity contribution >= 4 is 22.4 Å². The van der Waals surface area contributed by atoms with Crippen LogP contribution in [0.2, 0.25) is 0 Å². The van der Waals surface area contributed by atoms with E-state index in [1.54, 1.807) is 43.4 Å². The summed E-state index contributed by atoms with van der Waals surface area (Å²) in [5, 5.41) is 2.44. The molecule has 1 unspecified atom stereocenters. The molecule has 0 spiro atoms. The van der Waals surface area contributed by atoms with Crippen LogP contribution in [0.15, 0.2) is 41.8 Å². The van der Waals surface area contributed by atoms with E-state index in [0.29, 0.717) is 41.0 Å². The van der Waals surface area contributed by atoms with Crippen molar-refractivity contribution in [2.24, 2.45) is 0 Å². The van der Waals surface area contributed by atoms with Gasteiger partial charge in [0, 0.05) is 23.1 Å². The number of hydrogen-bond acceptors (Lipinski definition) is 6. The predicted octanol–water partition coefficient (Wildman–Crippen LogP) is 5.10. The standard InChI is InChI=1S/C24H25FN2O4S/c1-15-11-17(12-21(29-2)22(15)30-3)23(28)27(13-19-5-4-10-31-19)24-26-20(14-32-24)16-6-8-18(25)9-7-16/h6-9,11-12,14,19H,4-5,10,13H2,1-3H3. The van der Waals surface area contributed by atoms with Crippen molar-refractivity contribution in [3.63, 3.8) is 0 Å². The van der Waals surface area contributed by atoms with Crippen LogP contribution in [0.3, 0.4) is 0 Å².